The molecule has 0 aliphatic heterocycles. The molecule has 0 amide bonds. The minimum absolute atomic E-state index is 0.101. The van der Waals surface area contributed by atoms with Gasteiger partial charge in [-0.05, 0) is 36.4 Å². The zero-order valence-corrected chi connectivity index (χ0v) is 17.0. The van der Waals surface area contributed by atoms with Crippen molar-refractivity contribution in [2.75, 3.05) is 20.3 Å². The number of fused-ring (bicyclic) bond motifs is 1. The monoisotopic (exact) mass is 428 g/mol. The number of hydrogen-bond donors (Lipinski definition) is 0. The third-order valence-corrected chi connectivity index (χ3v) is 5.02. The van der Waals surface area contributed by atoms with Crippen molar-refractivity contribution in [2.24, 2.45) is 0 Å². The molecular formula is C23H19ClF2N2O2. The van der Waals surface area contributed by atoms with E-state index < -0.39 is 11.6 Å². The Balaban J connectivity index is 1.66. The van der Waals surface area contributed by atoms with E-state index in [0.29, 0.717) is 28.4 Å². The summed E-state index contributed by atoms with van der Waals surface area (Å²) >= 11 is 5.95. The Bertz CT molecular complexity index is 1180. The lowest BCUT2D eigenvalue weighted by atomic mass is 10.0. The van der Waals surface area contributed by atoms with Crippen LogP contribution in [0.5, 0.6) is 0 Å². The third-order valence-electron chi connectivity index (χ3n) is 4.77. The van der Waals surface area contributed by atoms with E-state index in [2.05, 4.69) is 4.98 Å². The van der Waals surface area contributed by atoms with Gasteiger partial charge in [0.25, 0.3) is 0 Å². The van der Waals surface area contributed by atoms with Crippen LogP contribution in [0.2, 0.25) is 5.02 Å². The smallest absolute Gasteiger partial charge is 0.139 e. The fourth-order valence-electron chi connectivity index (χ4n) is 3.18. The lowest BCUT2D eigenvalue weighted by molar-refractivity contribution is 0.0591. The standard InChI is InChI=1S/C23H19ClF2N2O2/c1-29-10-11-30-14-19-20(25)8-7-18(23(19)26)16-4-9-22-27-21(13-28(22)12-16)15-2-5-17(24)6-3-15/h2-9,12-13H,10-11,14H2,1H3. The zero-order chi connectivity index (χ0) is 21.1. The van der Waals surface area contributed by atoms with Crippen LogP contribution in [0.4, 0.5) is 8.78 Å². The average Bonchev–Trinajstić information content (AvgIpc) is 3.17. The van der Waals surface area contributed by atoms with Gasteiger partial charge in [-0.1, -0.05) is 23.7 Å². The van der Waals surface area contributed by atoms with Crippen LogP contribution < -0.4 is 0 Å². The van der Waals surface area contributed by atoms with Crippen molar-refractivity contribution < 1.29 is 18.3 Å². The van der Waals surface area contributed by atoms with Crippen LogP contribution in [0.3, 0.4) is 0 Å². The van der Waals surface area contributed by atoms with Crippen molar-refractivity contribution >= 4 is 17.2 Å². The van der Waals surface area contributed by atoms with E-state index in [1.165, 1.54) is 19.2 Å². The van der Waals surface area contributed by atoms with Crippen molar-refractivity contribution in [1.82, 2.24) is 9.38 Å². The second-order valence-electron chi connectivity index (χ2n) is 6.75. The second kappa shape index (κ2) is 8.92. The lowest BCUT2D eigenvalue weighted by Gasteiger charge is -2.11. The van der Waals surface area contributed by atoms with Crippen LogP contribution in [0, 0.1) is 11.6 Å². The number of aromatic nitrogens is 2. The van der Waals surface area contributed by atoms with E-state index in [1.54, 1.807) is 30.5 Å². The quantitative estimate of drug-likeness (QED) is 0.351. The summed E-state index contributed by atoms with van der Waals surface area (Å²) in [4.78, 5) is 4.59. The summed E-state index contributed by atoms with van der Waals surface area (Å²) in [6.45, 7) is 0.452. The molecule has 4 rings (SSSR count). The Kier molecular flexibility index (Phi) is 6.08. The van der Waals surface area contributed by atoms with Gasteiger partial charge in [0.2, 0.25) is 0 Å². The Morgan fingerprint density at radius 3 is 2.47 bits per heavy atom. The molecule has 0 saturated carbocycles. The molecular weight excluding hydrogens is 410 g/mol. The van der Waals surface area contributed by atoms with Gasteiger partial charge in [0, 0.05) is 46.8 Å². The molecule has 0 unspecified atom stereocenters. The molecule has 0 radical (unpaired) electrons. The highest BCUT2D eigenvalue weighted by Crippen LogP contribution is 2.29. The van der Waals surface area contributed by atoms with Gasteiger partial charge >= 0.3 is 0 Å². The van der Waals surface area contributed by atoms with Crippen LogP contribution in [0.25, 0.3) is 28.0 Å². The highest BCUT2D eigenvalue weighted by molar-refractivity contribution is 6.30. The molecule has 2 heterocycles. The molecule has 2 aromatic carbocycles. The number of halogens is 3. The molecule has 0 aliphatic rings. The van der Waals surface area contributed by atoms with Gasteiger partial charge in [0.05, 0.1) is 25.5 Å². The van der Waals surface area contributed by atoms with Gasteiger partial charge in [-0.3, -0.25) is 0 Å². The number of rotatable bonds is 7. The van der Waals surface area contributed by atoms with Crippen LogP contribution >= 0.6 is 11.6 Å². The lowest BCUT2D eigenvalue weighted by Crippen LogP contribution is -2.06. The van der Waals surface area contributed by atoms with Crippen LogP contribution in [-0.4, -0.2) is 29.7 Å². The Labute approximate surface area is 177 Å². The maximum absolute atomic E-state index is 15.0. The van der Waals surface area contributed by atoms with Crippen molar-refractivity contribution in [1.29, 1.82) is 0 Å². The number of methoxy groups -OCH3 is 1. The van der Waals surface area contributed by atoms with E-state index in [4.69, 9.17) is 21.1 Å². The van der Waals surface area contributed by atoms with E-state index in [9.17, 15) is 4.39 Å². The Morgan fingerprint density at radius 2 is 1.70 bits per heavy atom. The van der Waals surface area contributed by atoms with Crippen molar-refractivity contribution in [3.05, 3.63) is 83.1 Å². The summed E-state index contributed by atoms with van der Waals surface area (Å²) in [5.74, 6) is -1.27. The fraction of sp³-hybridized carbons (Fsp3) is 0.174. The summed E-state index contributed by atoms with van der Waals surface area (Å²) in [7, 11) is 1.54. The largest absolute Gasteiger partial charge is 0.382 e. The summed E-state index contributed by atoms with van der Waals surface area (Å²) in [5, 5.41) is 0.651. The number of imidazole rings is 1. The molecule has 30 heavy (non-hydrogen) atoms. The molecule has 2 aromatic heterocycles. The van der Waals surface area contributed by atoms with Gasteiger partial charge in [-0.25, -0.2) is 13.8 Å². The molecule has 0 fully saturated rings. The zero-order valence-electron chi connectivity index (χ0n) is 16.2. The normalized spacial score (nSPS) is 11.3. The molecule has 0 aliphatic carbocycles. The number of hydrogen-bond acceptors (Lipinski definition) is 3. The Morgan fingerprint density at radius 1 is 0.933 bits per heavy atom. The molecule has 4 nitrogen and oxygen atoms in total. The molecule has 4 aromatic rings. The number of benzene rings is 2. The predicted molar refractivity (Wildman–Crippen MR) is 113 cm³/mol. The van der Waals surface area contributed by atoms with Crippen molar-refractivity contribution in [3.63, 3.8) is 0 Å². The first-order valence-electron chi connectivity index (χ1n) is 9.35. The molecule has 0 N–H and O–H groups in total. The number of ether oxygens (including phenoxy) is 2. The van der Waals surface area contributed by atoms with Gasteiger partial charge in [0.15, 0.2) is 0 Å². The van der Waals surface area contributed by atoms with Gasteiger partial charge < -0.3 is 13.9 Å². The summed E-state index contributed by atoms with van der Waals surface area (Å²) in [5.41, 5.74) is 3.22. The van der Waals surface area contributed by atoms with Crippen molar-refractivity contribution in [2.45, 2.75) is 6.61 Å². The van der Waals surface area contributed by atoms with Crippen molar-refractivity contribution in [3.8, 4) is 22.4 Å². The fourth-order valence-corrected chi connectivity index (χ4v) is 3.31. The molecule has 0 saturated heterocycles. The highest BCUT2D eigenvalue weighted by Gasteiger charge is 2.16. The van der Waals surface area contributed by atoms with Gasteiger partial charge in [-0.15, -0.1) is 0 Å². The molecule has 0 bridgehead atoms. The molecule has 0 spiro atoms. The van der Waals surface area contributed by atoms with E-state index in [-0.39, 0.29) is 18.8 Å². The highest BCUT2D eigenvalue weighted by atomic mass is 35.5. The summed E-state index contributed by atoms with van der Waals surface area (Å²) in [6, 6.07) is 13.6. The first-order chi connectivity index (χ1) is 14.6. The number of nitrogens with zero attached hydrogens (tertiary/aromatic N) is 2. The summed E-state index contributed by atoms with van der Waals surface area (Å²) < 4.78 is 41.2. The van der Waals surface area contributed by atoms with E-state index >= 15 is 4.39 Å². The topological polar surface area (TPSA) is 35.8 Å². The van der Waals surface area contributed by atoms with Crippen LogP contribution in [0.1, 0.15) is 5.56 Å². The van der Waals surface area contributed by atoms with E-state index in [1.807, 2.05) is 22.7 Å². The predicted octanol–water partition coefficient (Wildman–Crippen LogP) is 5.76. The summed E-state index contributed by atoms with van der Waals surface area (Å²) in [6.07, 6.45) is 3.63. The van der Waals surface area contributed by atoms with Crippen LogP contribution in [0.15, 0.2) is 60.9 Å². The first kappa shape index (κ1) is 20.5. The maximum atomic E-state index is 15.0. The SMILES string of the molecule is COCCOCc1c(F)ccc(-c2ccc3nc(-c4ccc(Cl)cc4)cn3c2)c1F. The van der Waals surface area contributed by atoms with Crippen LogP contribution in [-0.2, 0) is 16.1 Å². The van der Waals surface area contributed by atoms with Gasteiger partial charge in [-0.2, -0.15) is 0 Å². The molecule has 7 heteroatoms. The minimum Gasteiger partial charge on any atom is -0.382 e. The first-order valence-corrected chi connectivity index (χ1v) is 9.73. The van der Waals surface area contributed by atoms with Gasteiger partial charge in [0.1, 0.15) is 17.3 Å². The Hall–Kier alpha value is -2.80. The average molecular weight is 429 g/mol. The third kappa shape index (κ3) is 4.21. The second-order valence-corrected chi connectivity index (χ2v) is 7.19. The maximum Gasteiger partial charge on any atom is 0.139 e. The minimum atomic E-state index is -0.637. The number of pyridine rings is 1. The van der Waals surface area contributed by atoms with E-state index in [0.717, 1.165) is 11.3 Å². The molecule has 154 valence electrons. The molecule has 0 atom stereocenters.